The highest BCUT2D eigenvalue weighted by atomic mass is 32.2. The first-order valence-corrected chi connectivity index (χ1v) is 12.1. The first-order valence-electron chi connectivity index (χ1n) is 9.77. The summed E-state index contributed by atoms with van der Waals surface area (Å²) < 4.78 is 28.0. The number of anilines is 1. The largest absolute Gasteiger partial charge is 0.347 e. The Kier molecular flexibility index (Phi) is 6.95. The van der Waals surface area contributed by atoms with Gasteiger partial charge in [-0.15, -0.1) is 11.3 Å². The molecule has 1 atom stereocenters. The zero-order valence-electron chi connectivity index (χ0n) is 17.3. The molecule has 7 heteroatoms. The van der Waals surface area contributed by atoms with Crippen molar-refractivity contribution in [1.29, 1.82) is 0 Å². The highest BCUT2D eigenvalue weighted by molar-refractivity contribution is 7.92. The molecular weight excluding hydrogens is 416 g/mol. The van der Waals surface area contributed by atoms with Crippen molar-refractivity contribution in [3.63, 3.8) is 0 Å². The maximum Gasteiger partial charge on any atom is 0.264 e. The van der Waals surface area contributed by atoms with E-state index in [1.54, 1.807) is 53.8 Å². The van der Waals surface area contributed by atoms with Gasteiger partial charge >= 0.3 is 0 Å². The third kappa shape index (κ3) is 4.91. The number of aryl methyl sites for hydroxylation is 1. The Hall–Kier alpha value is -2.64. The van der Waals surface area contributed by atoms with Gasteiger partial charge < -0.3 is 5.32 Å². The lowest BCUT2D eigenvalue weighted by molar-refractivity contribution is -0.120. The number of benzene rings is 2. The number of hydrogen-bond acceptors (Lipinski definition) is 4. The van der Waals surface area contributed by atoms with Crippen molar-refractivity contribution in [2.45, 2.75) is 31.7 Å². The van der Waals surface area contributed by atoms with Gasteiger partial charge in [-0.3, -0.25) is 9.10 Å². The molecule has 1 amide bonds. The van der Waals surface area contributed by atoms with Crippen molar-refractivity contribution in [2.75, 3.05) is 10.8 Å². The minimum Gasteiger partial charge on any atom is -0.347 e. The van der Waals surface area contributed by atoms with Crippen LogP contribution in [0.15, 0.2) is 77.0 Å². The number of sulfonamides is 1. The molecule has 1 N–H and O–H groups in total. The van der Waals surface area contributed by atoms with Crippen LogP contribution in [0.3, 0.4) is 0 Å². The molecule has 0 fully saturated rings. The van der Waals surface area contributed by atoms with Gasteiger partial charge in [-0.05, 0) is 48.1 Å². The average Bonchev–Trinajstić information content (AvgIpc) is 3.25. The maximum absolute atomic E-state index is 13.4. The molecule has 0 radical (unpaired) electrons. The molecule has 0 aliphatic carbocycles. The van der Waals surface area contributed by atoms with Gasteiger partial charge in [-0.25, -0.2) is 8.42 Å². The number of thiophene rings is 1. The molecule has 3 rings (SSSR count). The summed E-state index contributed by atoms with van der Waals surface area (Å²) in [4.78, 5) is 14.2. The van der Waals surface area contributed by atoms with Crippen molar-refractivity contribution in [1.82, 2.24) is 5.32 Å². The lowest BCUT2D eigenvalue weighted by Gasteiger charge is -2.27. The van der Waals surface area contributed by atoms with E-state index in [0.29, 0.717) is 5.69 Å². The van der Waals surface area contributed by atoms with Gasteiger partial charge in [0.2, 0.25) is 5.91 Å². The highest BCUT2D eigenvalue weighted by Gasteiger charge is 2.29. The van der Waals surface area contributed by atoms with Crippen LogP contribution in [0.2, 0.25) is 0 Å². The lowest BCUT2D eigenvalue weighted by atomic mass is 10.0. The van der Waals surface area contributed by atoms with Crippen LogP contribution in [-0.4, -0.2) is 20.9 Å². The van der Waals surface area contributed by atoms with Gasteiger partial charge in [0.1, 0.15) is 6.54 Å². The van der Waals surface area contributed by atoms with Gasteiger partial charge in [0.25, 0.3) is 10.0 Å². The summed E-state index contributed by atoms with van der Waals surface area (Å²) >= 11 is 1.57. The van der Waals surface area contributed by atoms with E-state index in [9.17, 15) is 13.2 Å². The Morgan fingerprint density at radius 2 is 1.67 bits per heavy atom. The second kappa shape index (κ2) is 9.45. The van der Waals surface area contributed by atoms with Gasteiger partial charge in [-0.2, -0.15) is 0 Å². The topological polar surface area (TPSA) is 66.5 Å². The third-order valence-corrected chi connectivity index (χ3v) is 7.56. The number of carbonyl (C=O) groups excluding carboxylic acids is 1. The van der Waals surface area contributed by atoms with Crippen LogP contribution in [0.25, 0.3) is 0 Å². The second-order valence-electron chi connectivity index (χ2n) is 7.42. The molecule has 158 valence electrons. The quantitative estimate of drug-likeness (QED) is 0.547. The van der Waals surface area contributed by atoms with E-state index < -0.39 is 10.0 Å². The van der Waals surface area contributed by atoms with E-state index in [-0.39, 0.29) is 29.3 Å². The Morgan fingerprint density at radius 1 is 1.00 bits per heavy atom. The van der Waals surface area contributed by atoms with Crippen molar-refractivity contribution >= 4 is 33.0 Å². The number of nitrogens with zero attached hydrogens (tertiary/aromatic N) is 1. The predicted molar refractivity (Wildman–Crippen MR) is 122 cm³/mol. The van der Waals surface area contributed by atoms with E-state index in [0.717, 1.165) is 10.4 Å². The molecule has 0 unspecified atom stereocenters. The molecule has 0 saturated carbocycles. The van der Waals surface area contributed by atoms with E-state index in [2.05, 4.69) is 5.32 Å². The van der Waals surface area contributed by atoms with Crippen molar-refractivity contribution in [2.24, 2.45) is 5.92 Å². The number of nitrogens with one attached hydrogen (secondary N) is 1. The normalized spacial score (nSPS) is 12.5. The van der Waals surface area contributed by atoms with Crippen molar-refractivity contribution < 1.29 is 13.2 Å². The molecule has 2 aromatic carbocycles. The van der Waals surface area contributed by atoms with E-state index >= 15 is 0 Å². The van der Waals surface area contributed by atoms with Crippen LogP contribution < -0.4 is 9.62 Å². The minimum atomic E-state index is -3.91. The predicted octanol–water partition coefficient (Wildman–Crippen LogP) is 4.77. The summed E-state index contributed by atoms with van der Waals surface area (Å²) in [5.41, 5.74) is 1.28. The van der Waals surface area contributed by atoms with Gasteiger partial charge in [-0.1, -0.05) is 56.3 Å². The van der Waals surface area contributed by atoms with Gasteiger partial charge in [0.05, 0.1) is 16.6 Å². The van der Waals surface area contributed by atoms with Gasteiger partial charge in [0, 0.05) is 4.88 Å². The molecule has 0 spiro atoms. The summed E-state index contributed by atoms with van der Waals surface area (Å²) in [6, 6.07) is 19.1. The van der Waals surface area contributed by atoms with Crippen LogP contribution in [-0.2, 0) is 14.8 Å². The Morgan fingerprint density at radius 3 is 2.27 bits per heavy atom. The lowest BCUT2D eigenvalue weighted by Crippen LogP contribution is -2.43. The zero-order valence-corrected chi connectivity index (χ0v) is 18.9. The molecule has 0 saturated heterocycles. The number of rotatable bonds is 8. The maximum atomic E-state index is 13.4. The Balaban J connectivity index is 1.93. The average molecular weight is 443 g/mol. The minimum absolute atomic E-state index is 0.153. The fraction of sp³-hybridized carbons (Fsp3) is 0.261. The molecule has 5 nitrogen and oxygen atoms in total. The van der Waals surface area contributed by atoms with Crippen LogP contribution in [0.1, 0.15) is 30.3 Å². The Bertz CT molecular complexity index is 1080. The number of hydrogen-bond donors (Lipinski definition) is 1. The first-order chi connectivity index (χ1) is 14.3. The summed E-state index contributed by atoms with van der Waals surface area (Å²) in [7, 11) is -3.91. The van der Waals surface area contributed by atoms with Crippen molar-refractivity contribution in [3.05, 3.63) is 82.6 Å². The zero-order chi connectivity index (χ0) is 21.7. The highest BCUT2D eigenvalue weighted by Crippen LogP contribution is 2.28. The third-order valence-electron chi connectivity index (χ3n) is 4.84. The molecule has 1 aromatic heterocycles. The summed E-state index contributed by atoms with van der Waals surface area (Å²) in [5, 5.41) is 5.00. The van der Waals surface area contributed by atoms with E-state index in [1.807, 2.05) is 50.4 Å². The standard InChI is InChI=1S/C23H26N2O3S2/c1-17(2)23(21-14-9-15-29-21)24-22(26)16-25(20-13-8-7-10-18(20)3)30(27,28)19-11-5-4-6-12-19/h4-15,17,23H,16H2,1-3H3,(H,24,26)/t23-/m1/s1. The molecule has 30 heavy (non-hydrogen) atoms. The van der Waals surface area contributed by atoms with Crippen LogP contribution >= 0.6 is 11.3 Å². The fourth-order valence-electron chi connectivity index (χ4n) is 3.25. The van der Waals surface area contributed by atoms with Crippen molar-refractivity contribution in [3.8, 4) is 0 Å². The van der Waals surface area contributed by atoms with Crippen LogP contribution in [0, 0.1) is 12.8 Å². The van der Waals surface area contributed by atoms with Crippen LogP contribution in [0.5, 0.6) is 0 Å². The number of amides is 1. The van der Waals surface area contributed by atoms with E-state index in [4.69, 9.17) is 0 Å². The van der Waals surface area contributed by atoms with Crippen LogP contribution in [0.4, 0.5) is 5.69 Å². The molecule has 0 bridgehead atoms. The fourth-order valence-corrected chi connectivity index (χ4v) is 5.70. The smallest absolute Gasteiger partial charge is 0.264 e. The van der Waals surface area contributed by atoms with E-state index in [1.165, 1.54) is 4.31 Å². The summed E-state index contributed by atoms with van der Waals surface area (Å²) in [5.74, 6) is -0.171. The second-order valence-corrected chi connectivity index (χ2v) is 10.3. The number of para-hydroxylation sites is 1. The molecule has 0 aliphatic heterocycles. The number of carbonyl (C=O) groups is 1. The monoisotopic (exact) mass is 442 g/mol. The summed E-state index contributed by atoms with van der Waals surface area (Å²) in [6.07, 6.45) is 0. The Labute approximate surface area is 182 Å². The first kappa shape index (κ1) is 22.1. The SMILES string of the molecule is Cc1ccccc1N(CC(=O)N[C@@H](c1cccs1)C(C)C)S(=O)(=O)c1ccccc1. The molecule has 3 aromatic rings. The molecular formula is C23H26N2O3S2. The van der Waals surface area contributed by atoms with Gasteiger partial charge in [0.15, 0.2) is 0 Å². The molecule has 0 aliphatic rings. The molecule has 1 heterocycles. The summed E-state index contributed by atoms with van der Waals surface area (Å²) in [6.45, 7) is 5.61.